The quantitative estimate of drug-likeness (QED) is 0.756. The van der Waals surface area contributed by atoms with Crippen molar-refractivity contribution in [2.75, 3.05) is 13.1 Å². The summed E-state index contributed by atoms with van der Waals surface area (Å²) in [6.07, 6.45) is 1.02. The molecular weight excluding hydrogens is 196 g/mol. The Morgan fingerprint density at radius 2 is 2.12 bits per heavy atom. The first-order valence-corrected chi connectivity index (χ1v) is 5.95. The first-order chi connectivity index (χ1) is 7.79. The van der Waals surface area contributed by atoms with Gasteiger partial charge in [-0.15, -0.1) is 0 Å². The average molecular weight is 214 g/mol. The van der Waals surface area contributed by atoms with Crippen LogP contribution in [0.5, 0.6) is 0 Å². The van der Waals surface area contributed by atoms with E-state index in [4.69, 9.17) is 5.26 Å². The predicted molar refractivity (Wildman–Crippen MR) is 64.6 cm³/mol. The molecule has 1 aliphatic heterocycles. The first-order valence-electron chi connectivity index (χ1n) is 5.95. The van der Waals surface area contributed by atoms with E-state index in [9.17, 15) is 0 Å². The molecule has 2 atom stereocenters. The van der Waals surface area contributed by atoms with Gasteiger partial charge in [-0.2, -0.15) is 5.26 Å². The fourth-order valence-corrected chi connectivity index (χ4v) is 2.41. The second kappa shape index (κ2) is 5.14. The Hall–Kier alpha value is -1.33. The molecule has 0 spiro atoms. The van der Waals surface area contributed by atoms with E-state index in [0.29, 0.717) is 5.92 Å². The van der Waals surface area contributed by atoms with Crippen molar-refractivity contribution in [2.24, 2.45) is 11.8 Å². The highest BCUT2D eigenvalue weighted by Gasteiger charge is 2.25. The molecule has 0 aliphatic carbocycles. The van der Waals surface area contributed by atoms with Crippen molar-refractivity contribution >= 4 is 0 Å². The van der Waals surface area contributed by atoms with Crippen LogP contribution in [0.3, 0.4) is 0 Å². The summed E-state index contributed by atoms with van der Waals surface area (Å²) in [5.74, 6) is 0.759. The molecule has 1 heterocycles. The van der Waals surface area contributed by atoms with Gasteiger partial charge in [-0.25, -0.2) is 0 Å². The summed E-state index contributed by atoms with van der Waals surface area (Å²) < 4.78 is 0. The van der Waals surface area contributed by atoms with E-state index in [1.54, 1.807) is 0 Å². The summed E-state index contributed by atoms with van der Waals surface area (Å²) in [5.41, 5.74) is 1.37. The van der Waals surface area contributed by atoms with Crippen LogP contribution in [-0.4, -0.2) is 18.0 Å². The molecule has 1 fully saturated rings. The van der Waals surface area contributed by atoms with Crippen LogP contribution in [0.1, 0.15) is 18.9 Å². The maximum absolute atomic E-state index is 8.97. The fraction of sp³-hybridized carbons (Fsp3) is 0.500. The van der Waals surface area contributed by atoms with Crippen LogP contribution in [0, 0.1) is 23.2 Å². The maximum Gasteiger partial charge on any atom is 0.0659 e. The second-order valence-corrected chi connectivity index (χ2v) is 4.72. The average Bonchev–Trinajstić information content (AvgIpc) is 2.31. The number of hydrogen-bond acceptors (Lipinski definition) is 2. The Labute approximate surface area is 97.5 Å². The summed E-state index contributed by atoms with van der Waals surface area (Å²) in [6, 6.07) is 13.0. The molecule has 2 rings (SSSR count). The van der Waals surface area contributed by atoms with E-state index in [0.717, 1.165) is 26.1 Å². The summed E-state index contributed by atoms with van der Waals surface area (Å²) in [5, 5.41) is 8.97. The van der Waals surface area contributed by atoms with Crippen LogP contribution in [0.15, 0.2) is 30.3 Å². The van der Waals surface area contributed by atoms with E-state index >= 15 is 0 Å². The molecule has 1 aliphatic rings. The normalized spacial score (nSPS) is 26.2. The van der Waals surface area contributed by atoms with Crippen LogP contribution in [-0.2, 0) is 6.54 Å². The summed E-state index contributed by atoms with van der Waals surface area (Å²) >= 11 is 0. The number of nitriles is 1. The number of nitrogens with zero attached hydrogens (tertiary/aromatic N) is 2. The zero-order valence-corrected chi connectivity index (χ0v) is 9.76. The molecule has 1 aromatic rings. The number of piperidine rings is 1. The minimum absolute atomic E-state index is 0.257. The smallest absolute Gasteiger partial charge is 0.0659 e. The number of hydrogen-bond donors (Lipinski definition) is 0. The van der Waals surface area contributed by atoms with Crippen molar-refractivity contribution in [3.05, 3.63) is 35.9 Å². The largest absolute Gasteiger partial charge is 0.299 e. The maximum atomic E-state index is 8.97. The van der Waals surface area contributed by atoms with Gasteiger partial charge in [-0.05, 0) is 24.4 Å². The van der Waals surface area contributed by atoms with Crippen molar-refractivity contribution in [3.8, 4) is 6.07 Å². The molecule has 0 bridgehead atoms. The molecule has 0 aromatic heterocycles. The number of likely N-dealkylation sites (tertiary alicyclic amines) is 1. The van der Waals surface area contributed by atoms with Gasteiger partial charge < -0.3 is 0 Å². The molecule has 1 saturated heterocycles. The lowest BCUT2D eigenvalue weighted by molar-refractivity contribution is 0.147. The molecule has 2 heteroatoms. The highest BCUT2D eigenvalue weighted by molar-refractivity contribution is 5.14. The molecule has 1 aromatic carbocycles. The minimum atomic E-state index is 0.257. The van der Waals surface area contributed by atoms with Gasteiger partial charge in [-0.3, -0.25) is 4.90 Å². The molecule has 0 N–H and O–H groups in total. The lowest BCUT2D eigenvalue weighted by atomic mass is 9.88. The highest BCUT2D eigenvalue weighted by atomic mass is 15.1. The Kier molecular flexibility index (Phi) is 3.58. The third-order valence-electron chi connectivity index (χ3n) is 3.40. The third-order valence-corrected chi connectivity index (χ3v) is 3.40. The fourth-order valence-electron chi connectivity index (χ4n) is 2.41. The zero-order valence-electron chi connectivity index (χ0n) is 9.76. The standard InChI is InChI=1S/C14H18N2/c1-12-10-16(8-7-14(12)9-15)11-13-5-3-2-4-6-13/h2-6,12,14H,7-8,10-11H2,1H3/t12-,14-/m0/s1. The first kappa shape index (κ1) is 11.2. The van der Waals surface area contributed by atoms with Crippen molar-refractivity contribution < 1.29 is 0 Å². The van der Waals surface area contributed by atoms with Crippen LogP contribution >= 0.6 is 0 Å². The minimum Gasteiger partial charge on any atom is -0.299 e. The Morgan fingerprint density at radius 3 is 2.75 bits per heavy atom. The Morgan fingerprint density at radius 1 is 1.38 bits per heavy atom. The van der Waals surface area contributed by atoms with Gasteiger partial charge in [0.1, 0.15) is 0 Å². The Balaban J connectivity index is 1.92. The van der Waals surface area contributed by atoms with Crippen molar-refractivity contribution in [2.45, 2.75) is 19.9 Å². The lowest BCUT2D eigenvalue weighted by Gasteiger charge is -2.33. The molecule has 0 radical (unpaired) electrons. The van der Waals surface area contributed by atoms with Crippen LogP contribution in [0.25, 0.3) is 0 Å². The van der Waals surface area contributed by atoms with E-state index in [-0.39, 0.29) is 5.92 Å². The monoisotopic (exact) mass is 214 g/mol. The van der Waals surface area contributed by atoms with Gasteiger partial charge in [0.05, 0.1) is 12.0 Å². The van der Waals surface area contributed by atoms with Gasteiger partial charge >= 0.3 is 0 Å². The Bertz CT molecular complexity index is 366. The summed E-state index contributed by atoms with van der Waals surface area (Å²) in [6.45, 7) is 5.30. The van der Waals surface area contributed by atoms with Gasteiger partial charge in [0.15, 0.2) is 0 Å². The van der Waals surface area contributed by atoms with E-state index in [2.05, 4.69) is 42.2 Å². The second-order valence-electron chi connectivity index (χ2n) is 4.72. The van der Waals surface area contributed by atoms with Crippen molar-refractivity contribution in [1.82, 2.24) is 4.90 Å². The molecule has 0 unspecified atom stereocenters. The molecule has 0 saturated carbocycles. The molecule has 2 nitrogen and oxygen atoms in total. The lowest BCUT2D eigenvalue weighted by Crippen LogP contribution is -2.38. The van der Waals surface area contributed by atoms with Crippen molar-refractivity contribution in [1.29, 1.82) is 5.26 Å². The van der Waals surface area contributed by atoms with Gasteiger partial charge in [0.2, 0.25) is 0 Å². The van der Waals surface area contributed by atoms with Crippen molar-refractivity contribution in [3.63, 3.8) is 0 Å². The van der Waals surface area contributed by atoms with E-state index in [1.165, 1.54) is 5.56 Å². The molecule has 16 heavy (non-hydrogen) atoms. The highest BCUT2D eigenvalue weighted by Crippen LogP contribution is 2.23. The third kappa shape index (κ3) is 2.62. The number of rotatable bonds is 2. The van der Waals surface area contributed by atoms with Crippen LogP contribution in [0.4, 0.5) is 0 Å². The van der Waals surface area contributed by atoms with E-state index in [1.807, 2.05) is 6.07 Å². The summed E-state index contributed by atoms with van der Waals surface area (Å²) in [4.78, 5) is 2.45. The molecule has 84 valence electrons. The van der Waals surface area contributed by atoms with Gasteiger partial charge in [0.25, 0.3) is 0 Å². The van der Waals surface area contributed by atoms with Gasteiger partial charge in [0, 0.05) is 13.1 Å². The van der Waals surface area contributed by atoms with Crippen LogP contribution < -0.4 is 0 Å². The predicted octanol–water partition coefficient (Wildman–Crippen LogP) is 2.67. The van der Waals surface area contributed by atoms with E-state index < -0.39 is 0 Å². The molecule has 0 amide bonds. The SMILES string of the molecule is C[C@H]1CN(Cc2ccccc2)CC[C@H]1C#N. The summed E-state index contributed by atoms with van der Waals surface area (Å²) in [7, 11) is 0. The zero-order chi connectivity index (χ0) is 11.4. The van der Waals surface area contributed by atoms with Gasteiger partial charge in [-0.1, -0.05) is 37.3 Å². The molecular formula is C14H18N2. The van der Waals surface area contributed by atoms with Crippen LogP contribution in [0.2, 0.25) is 0 Å². The topological polar surface area (TPSA) is 27.0 Å². The number of benzene rings is 1.